The predicted molar refractivity (Wildman–Crippen MR) is 86.6 cm³/mol. The number of amides is 2. The number of aromatic nitrogens is 2. The molecule has 2 aromatic rings. The quantitative estimate of drug-likeness (QED) is 0.921. The van der Waals surface area contributed by atoms with Crippen molar-refractivity contribution in [2.24, 2.45) is 5.92 Å². The number of carbonyl (C=O) groups excluding carboxylic acids is 2. The molecule has 0 saturated carbocycles. The summed E-state index contributed by atoms with van der Waals surface area (Å²) in [5.41, 5.74) is 1.36. The predicted octanol–water partition coefficient (Wildman–Crippen LogP) is 1.61. The van der Waals surface area contributed by atoms with Crippen molar-refractivity contribution in [3.63, 3.8) is 0 Å². The summed E-state index contributed by atoms with van der Waals surface area (Å²) in [6.45, 7) is 3.02. The zero-order valence-electron chi connectivity index (χ0n) is 13.6. The fourth-order valence-electron chi connectivity index (χ4n) is 2.83. The Morgan fingerprint density at radius 2 is 2.25 bits per heavy atom. The fraction of sp³-hybridized carbons (Fsp3) is 0.412. The first-order chi connectivity index (χ1) is 11.6. The summed E-state index contributed by atoms with van der Waals surface area (Å²) < 4.78 is 5.25. The van der Waals surface area contributed by atoms with Gasteiger partial charge in [0.2, 0.25) is 11.8 Å². The van der Waals surface area contributed by atoms with Gasteiger partial charge in [0.15, 0.2) is 5.76 Å². The minimum absolute atomic E-state index is 0.0164. The molecule has 1 aliphatic rings. The lowest BCUT2D eigenvalue weighted by atomic mass is 9.97. The molecule has 24 heavy (non-hydrogen) atoms. The number of piperidine rings is 1. The molecule has 1 atom stereocenters. The fourth-order valence-corrected chi connectivity index (χ4v) is 2.83. The summed E-state index contributed by atoms with van der Waals surface area (Å²) in [6.07, 6.45) is 3.34. The lowest BCUT2D eigenvalue weighted by Crippen LogP contribution is -2.44. The van der Waals surface area contributed by atoms with Gasteiger partial charge in [-0.25, -0.2) is 0 Å². The van der Waals surface area contributed by atoms with Crippen LogP contribution in [0.25, 0.3) is 11.4 Å². The van der Waals surface area contributed by atoms with Crippen LogP contribution in [0.4, 0.5) is 0 Å². The van der Waals surface area contributed by atoms with Gasteiger partial charge in [-0.15, -0.1) is 0 Å². The summed E-state index contributed by atoms with van der Waals surface area (Å²) in [6, 6.07) is 7.32. The van der Waals surface area contributed by atoms with Gasteiger partial charge in [0.1, 0.15) is 5.69 Å². The monoisotopic (exact) mass is 328 g/mol. The van der Waals surface area contributed by atoms with E-state index >= 15 is 0 Å². The van der Waals surface area contributed by atoms with Gasteiger partial charge < -0.3 is 14.7 Å². The highest BCUT2D eigenvalue weighted by atomic mass is 16.5. The molecule has 3 heterocycles. The van der Waals surface area contributed by atoms with Crippen LogP contribution in [0.3, 0.4) is 0 Å². The molecule has 1 fully saturated rings. The van der Waals surface area contributed by atoms with E-state index in [2.05, 4.69) is 15.5 Å². The molecule has 0 aliphatic carbocycles. The zero-order chi connectivity index (χ0) is 16.9. The third-order valence-corrected chi connectivity index (χ3v) is 4.16. The topological polar surface area (TPSA) is 88.3 Å². The first-order valence-electron chi connectivity index (χ1n) is 8.03. The van der Waals surface area contributed by atoms with Gasteiger partial charge in [-0.2, -0.15) is 0 Å². The van der Waals surface area contributed by atoms with Crippen molar-refractivity contribution >= 4 is 11.8 Å². The first kappa shape index (κ1) is 16.2. The summed E-state index contributed by atoms with van der Waals surface area (Å²) in [5.74, 6) is 0.364. The maximum atomic E-state index is 12.3. The number of rotatable bonds is 4. The molecule has 0 aromatic carbocycles. The molecule has 0 bridgehead atoms. The van der Waals surface area contributed by atoms with E-state index in [-0.39, 0.29) is 24.3 Å². The highest BCUT2D eigenvalue weighted by molar-refractivity contribution is 5.80. The van der Waals surface area contributed by atoms with Crippen LogP contribution < -0.4 is 5.32 Å². The average molecular weight is 328 g/mol. The van der Waals surface area contributed by atoms with Crippen molar-refractivity contribution in [2.75, 3.05) is 13.1 Å². The van der Waals surface area contributed by atoms with E-state index in [0.717, 1.165) is 25.1 Å². The van der Waals surface area contributed by atoms with Crippen molar-refractivity contribution < 1.29 is 14.1 Å². The van der Waals surface area contributed by atoms with Crippen LogP contribution in [0.15, 0.2) is 35.0 Å². The molecule has 0 radical (unpaired) electrons. The van der Waals surface area contributed by atoms with Gasteiger partial charge in [0.25, 0.3) is 0 Å². The number of hydrogen-bond donors (Lipinski definition) is 1. The Morgan fingerprint density at radius 1 is 1.38 bits per heavy atom. The number of pyridine rings is 1. The largest absolute Gasteiger partial charge is 0.359 e. The molecular formula is C17H20N4O3. The van der Waals surface area contributed by atoms with Gasteiger partial charge >= 0.3 is 0 Å². The molecular weight excluding hydrogens is 308 g/mol. The Hall–Kier alpha value is -2.70. The second kappa shape index (κ2) is 7.25. The lowest BCUT2D eigenvalue weighted by Gasteiger charge is -2.31. The van der Waals surface area contributed by atoms with Gasteiger partial charge in [-0.3, -0.25) is 14.6 Å². The van der Waals surface area contributed by atoms with E-state index in [4.69, 9.17) is 4.52 Å². The van der Waals surface area contributed by atoms with Gasteiger partial charge in [-0.1, -0.05) is 11.2 Å². The highest BCUT2D eigenvalue weighted by Gasteiger charge is 2.26. The van der Waals surface area contributed by atoms with Crippen LogP contribution >= 0.6 is 0 Å². The van der Waals surface area contributed by atoms with Crippen LogP contribution in [0.2, 0.25) is 0 Å². The van der Waals surface area contributed by atoms with Crippen molar-refractivity contribution in [3.8, 4) is 11.4 Å². The van der Waals surface area contributed by atoms with Gasteiger partial charge in [0.05, 0.1) is 18.2 Å². The number of carbonyl (C=O) groups is 2. The summed E-state index contributed by atoms with van der Waals surface area (Å²) in [5, 5.41) is 6.83. The Morgan fingerprint density at radius 3 is 3.00 bits per heavy atom. The second-order valence-electron chi connectivity index (χ2n) is 5.92. The first-order valence-corrected chi connectivity index (χ1v) is 8.03. The van der Waals surface area contributed by atoms with E-state index in [1.54, 1.807) is 17.2 Å². The molecule has 126 valence electrons. The SMILES string of the molecule is CC(=O)N1CCC[C@H](C(=O)NCc2cc(-c3ccccn3)no2)C1. The molecule has 0 unspecified atom stereocenters. The van der Waals surface area contributed by atoms with Crippen LogP contribution in [-0.2, 0) is 16.1 Å². The molecule has 0 spiro atoms. The van der Waals surface area contributed by atoms with Crippen LogP contribution in [0.5, 0.6) is 0 Å². The summed E-state index contributed by atoms with van der Waals surface area (Å²) >= 11 is 0. The molecule has 1 saturated heterocycles. The van der Waals surface area contributed by atoms with Crippen molar-refractivity contribution in [1.82, 2.24) is 20.4 Å². The summed E-state index contributed by atoms with van der Waals surface area (Å²) in [7, 11) is 0. The highest BCUT2D eigenvalue weighted by Crippen LogP contribution is 2.18. The van der Waals surface area contributed by atoms with Crippen molar-refractivity contribution in [1.29, 1.82) is 0 Å². The standard InChI is InChI=1S/C17H20N4O3/c1-12(22)21-8-4-5-13(11-21)17(23)19-10-14-9-16(20-24-14)15-6-2-3-7-18-15/h2-3,6-7,9,13H,4-5,8,10-11H2,1H3,(H,19,23)/t13-/m0/s1. The smallest absolute Gasteiger partial charge is 0.225 e. The van der Waals surface area contributed by atoms with E-state index in [0.29, 0.717) is 18.0 Å². The Balaban J connectivity index is 1.55. The minimum atomic E-state index is -0.166. The van der Waals surface area contributed by atoms with Gasteiger partial charge in [0, 0.05) is 32.3 Å². The molecule has 7 heteroatoms. The maximum absolute atomic E-state index is 12.3. The number of nitrogens with one attached hydrogen (secondary N) is 1. The Bertz CT molecular complexity index is 714. The molecule has 1 aliphatic heterocycles. The molecule has 3 rings (SSSR count). The average Bonchev–Trinajstić information content (AvgIpc) is 3.09. The molecule has 1 N–H and O–H groups in total. The maximum Gasteiger partial charge on any atom is 0.225 e. The molecule has 2 aromatic heterocycles. The van der Waals surface area contributed by atoms with Crippen molar-refractivity contribution in [3.05, 3.63) is 36.2 Å². The summed E-state index contributed by atoms with van der Waals surface area (Å²) in [4.78, 5) is 29.7. The van der Waals surface area contributed by atoms with E-state index in [1.165, 1.54) is 6.92 Å². The number of hydrogen-bond acceptors (Lipinski definition) is 5. The molecule has 2 amide bonds. The number of likely N-dealkylation sites (tertiary alicyclic amines) is 1. The minimum Gasteiger partial charge on any atom is -0.359 e. The number of nitrogens with zero attached hydrogens (tertiary/aromatic N) is 3. The van der Waals surface area contributed by atoms with Gasteiger partial charge in [-0.05, 0) is 25.0 Å². The Labute approximate surface area is 140 Å². The van der Waals surface area contributed by atoms with Crippen LogP contribution in [0.1, 0.15) is 25.5 Å². The van der Waals surface area contributed by atoms with E-state index in [1.807, 2.05) is 18.2 Å². The van der Waals surface area contributed by atoms with Crippen LogP contribution in [-0.4, -0.2) is 39.9 Å². The van der Waals surface area contributed by atoms with E-state index < -0.39 is 0 Å². The lowest BCUT2D eigenvalue weighted by molar-refractivity contribution is -0.134. The van der Waals surface area contributed by atoms with Crippen LogP contribution in [0, 0.1) is 5.92 Å². The second-order valence-corrected chi connectivity index (χ2v) is 5.92. The normalized spacial score (nSPS) is 17.5. The Kier molecular flexibility index (Phi) is 4.88. The van der Waals surface area contributed by atoms with Crippen molar-refractivity contribution in [2.45, 2.75) is 26.3 Å². The third kappa shape index (κ3) is 3.79. The third-order valence-electron chi connectivity index (χ3n) is 4.16. The molecule has 7 nitrogen and oxygen atoms in total. The van der Waals surface area contributed by atoms with E-state index in [9.17, 15) is 9.59 Å². The zero-order valence-corrected chi connectivity index (χ0v) is 13.6.